The highest BCUT2D eigenvalue weighted by Gasteiger charge is 2.21. The van der Waals surface area contributed by atoms with Crippen LogP contribution in [0.4, 0.5) is 0 Å². The first kappa shape index (κ1) is 12.4. The number of nitrogens with one attached hydrogen (secondary N) is 1. The number of hydrogen-bond donors (Lipinski definition) is 1. The van der Waals surface area contributed by atoms with E-state index in [1.807, 2.05) is 13.0 Å². The smallest absolute Gasteiger partial charge is 0.154 e. The summed E-state index contributed by atoms with van der Waals surface area (Å²) in [7, 11) is 0. The molecule has 2 aromatic rings. The van der Waals surface area contributed by atoms with Crippen molar-refractivity contribution in [3.63, 3.8) is 0 Å². The van der Waals surface area contributed by atoms with Crippen molar-refractivity contribution in [3.8, 4) is 5.69 Å². The Morgan fingerprint density at radius 1 is 1.11 bits per heavy atom. The van der Waals surface area contributed by atoms with Crippen LogP contribution in [0, 0.1) is 6.92 Å². The average molecular weight is 256 g/mol. The summed E-state index contributed by atoms with van der Waals surface area (Å²) in [5, 5.41) is 12.3. The van der Waals surface area contributed by atoms with Crippen molar-refractivity contribution in [3.05, 3.63) is 42.0 Å². The van der Waals surface area contributed by atoms with E-state index in [9.17, 15) is 0 Å². The molecule has 1 N–H and O–H groups in total. The molecule has 4 nitrogen and oxygen atoms in total. The van der Waals surface area contributed by atoms with E-state index in [2.05, 4.69) is 44.3 Å². The molecular weight excluding hydrogens is 236 g/mol. The Morgan fingerprint density at radius 3 is 2.79 bits per heavy atom. The lowest BCUT2D eigenvalue weighted by atomic mass is 10.1. The number of aromatic nitrogens is 3. The summed E-state index contributed by atoms with van der Waals surface area (Å²) in [6.07, 6.45) is 4.97. The standard InChI is InChI=1S/C15H20N4/c1-12-17-18-15(14-10-6-3-7-11-16-14)19(12)13-8-4-2-5-9-13/h2,4-5,8-9,14,16H,3,6-7,10-11H2,1H3. The van der Waals surface area contributed by atoms with Crippen molar-refractivity contribution in [1.29, 1.82) is 0 Å². The second-order valence-electron chi connectivity index (χ2n) is 5.13. The fourth-order valence-electron chi connectivity index (χ4n) is 2.75. The molecule has 1 aromatic carbocycles. The average Bonchev–Trinajstić information content (AvgIpc) is 2.67. The SMILES string of the molecule is Cc1nnc(C2CCCCCN2)n1-c1ccccc1. The summed E-state index contributed by atoms with van der Waals surface area (Å²) < 4.78 is 2.17. The maximum atomic E-state index is 4.41. The molecule has 1 unspecified atom stereocenters. The summed E-state index contributed by atoms with van der Waals surface area (Å²) in [4.78, 5) is 0. The van der Waals surface area contributed by atoms with Crippen molar-refractivity contribution >= 4 is 0 Å². The molecule has 1 atom stereocenters. The molecule has 0 spiro atoms. The molecule has 19 heavy (non-hydrogen) atoms. The molecule has 2 heterocycles. The van der Waals surface area contributed by atoms with E-state index in [1.165, 1.54) is 19.3 Å². The van der Waals surface area contributed by atoms with E-state index < -0.39 is 0 Å². The minimum Gasteiger partial charge on any atom is -0.307 e. The largest absolute Gasteiger partial charge is 0.307 e. The van der Waals surface area contributed by atoms with Crippen LogP contribution in [0.5, 0.6) is 0 Å². The summed E-state index contributed by atoms with van der Waals surface area (Å²) >= 11 is 0. The van der Waals surface area contributed by atoms with Crippen molar-refractivity contribution in [2.45, 2.75) is 38.6 Å². The van der Waals surface area contributed by atoms with Crippen molar-refractivity contribution in [1.82, 2.24) is 20.1 Å². The third-order valence-corrected chi connectivity index (χ3v) is 3.74. The zero-order valence-electron chi connectivity index (χ0n) is 11.3. The molecule has 3 rings (SSSR count). The Bertz CT molecular complexity index is 524. The summed E-state index contributed by atoms with van der Waals surface area (Å²) in [6, 6.07) is 10.7. The molecule has 0 bridgehead atoms. The van der Waals surface area contributed by atoms with Crippen LogP contribution < -0.4 is 5.32 Å². The van der Waals surface area contributed by atoms with Gasteiger partial charge in [-0.15, -0.1) is 10.2 Å². The maximum absolute atomic E-state index is 4.41. The Labute approximate surface area is 113 Å². The van der Waals surface area contributed by atoms with Gasteiger partial charge in [-0.25, -0.2) is 0 Å². The van der Waals surface area contributed by atoms with Gasteiger partial charge in [0.15, 0.2) is 5.82 Å². The zero-order chi connectivity index (χ0) is 13.1. The molecular formula is C15H20N4. The van der Waals surface area contributed by atoms with Crippen LogP contribution >= 0.6 is 0 Å². The van der Waals surface area contributed by atoms with Gasteiger partial charge < -0.3 is 5.32 Å². The van der Waals surface area contributed by atoms with Crippen molar-refractivity contribution < 1.29 is 0 Å². The van der Waals surface area contributed by atoms with E-state index in [0.29, 0.717) is 6.04 Å². The Hall–Kier alpha value is -1.68. The molecule has 1 saturated heterocycles. The molecule has 1 fully saturated rings. The summed E-state index contributed by atoms with van der Waals surface area (Å²) in [6.45, 7) is 3.09. The predicted molar refractivity (Wildman–Crippen MR) is 75.3 cm³/mol. The van der Waals surface area contributed by atoms with Crippen LogP contribution in [-0.2, 0) is 0 Å². The van der Waals surface area contributed by atoms with Gasteiger partial charge in [0.25, 0.3) is 0 Å². The number of benzene rings is 1. The number of aryl methyl sites for hydroxylation is 1. The van der Waals surface area contributed by atoms with E-state index >= 15 is 0 Å². The van der Waals surface area contributed by atoms with Crippen LogP contribution in [0.1, 0.15) is 43.4 Å². The first-order valence-electron chi connectivity index (χ1n) is 7.07. The molecule has 1 aliphatic heterocycles. The number of hydrogen-bond acceptors (Lipinski definition) is 3. The van der Waals surface area contributed by atoms with Gasteiger partial charge in [0, 0.05) is 5.69 Å². The fourth-order valence-corrected chi connectivity index (χ4v) is 2.75. The molecule has 1 aliphatic rings. The van der Waals surface area contributed by atoms with Crippen LogP contribution in [-0.4, -0.2) is 21.3 Å². The third kappa shape index (κ3) is 2.54. The monoisotopic (exact) mass is 256 g/mol. The number of rotatable bonds is 2. The molecule has 0 amide bonds. The highest BCUT2D eigenvalue weighted by molar-refractivity contribution is 5.34. The molecule has 1 aromatic heterocycles. The quantitative estimate of drug-likeness (QED) is 0.898. The molecule has 100 valence electrons. The van der Waals surface area contributed by atoms with E-state index in [-0.39, 0.29) is 0 Å². The van der Waals surface area contributed by atoms with Crippen molar-refractivity contribution in [2.75, 3.05) is 6.54 Å². The van der Waals surface area contributed by atoms with E-state index in [0.717, 1.165) is 30.3 Å². The normalized spacial score (nSPS) is 20.2. The first-order chi connectivity index (χ1) is 9.36. The van der Waals surface area contributed by atoms with Gasteiger partial charge >= 0.3 is 0 Å². The Balaban J connectivity index is 1.98. The molecule has 0 saturated carbocycles. The van der Waals surface area contributed by atoms with Crippen LogP contribution in [0.3, 0.4) is 0 Å². The second-order valence-corrected chi connectivity index (χ2v) is 5.13. The fraction of sp³-hybridized carbons (Fsp3) is 0.467. The highest BCUT2D eigenvalue weighted by atomic mass is 15.3. The van der Waals surface area contributed by atoms with Gasteiger partial charge in [-0.2, -0.15) is 0 Å². The van der Waals surface area contributed by atoms with Crippen LogP contribution in [0.15, 0.2) is 30.3 Å². The zero-order valence-corrected chi connectivity index (χ0v) is 11.3. The highest BCUT2D eigenvalue weighted by Crippen LogP contribution is 2.24. The van der Waals surface area contributed by atoms with Gasteiger partial charge in [0.2, 0.25) is 0 Å². The van der Waals surface area contributed by atoms with Crippen LogP contribution in [0.2, 0.25) is 0 Å². The second kappa shape index (κ2) is 5.53. The van der Waals surface area contributed by atoms with Gasteiger partial charge in [0.1, 0.15) is 5.82 Å². The van der Waals surface area contributed by atoms with Gasteiger partial charge in [-0.05, 0) is 38.4 Å². The van der Waals surface area contributed by atoms with Gasteiger partial charge in [-0.3, -0.25) is 4.57 Å². The van der Waals surface area contributed by atoms with Crippen LogP contribution in [0.25, 0.3) is 5.69 Å². The summed E-state index contributed by atoms with van der Waals surface area (Å²) in [5.41, 5.74) is 1.14. The minimum atomic E-state index is 0.323. The predicted octanol–water partition coefficient (Wildman–Crippen LogP) is 2.78. The number of para-hydroxylation sites is 1. The van der Waals surface area contributed by atoms with E-state index in [4.69, 9.17) is 0 Å². The van der Waals surface area contributed by atoms with E-state index in [1.54, 1.807) is 0 Å². The summed E-state index contributed by atoms with van der Waals surface area (Å²) in [5.74, 6) is 2.00. The lowest BCUT2D eigenvalue weighted by molar-refractivity contribution is 0.499. The molecule has 0 radical (unpaired) electrons. The Morgan fingerprint density at radius 2 is 1.95 bits per heavy atom. The minimum absolute atomic E-state index is 0.323. The first-order valence-corrected chi connectivity index (χ1v) is 7.07. The van der Waals surface area contributed by atoms with Gasteiger partial charge in [-0.1, -0.05) is 31.0 Å². The topological polar surface area (TPSA) is 42.7 Å². The van der Waals surface area contributed by atoms with Gasteiger partial charge in [0.05, 0.1) is 6.04 Å². The molecule has 0 aliphatic carbocycles. The lowest BCUT2D eigenvalue weighted by Crippen LogP contribution is -2.23. The maximum Gasteiger partial charge on any atom is 0.154 e. The molecule has 4 heteroatoms. The number of nitrogens with zero attached hydrogens (tertiary/aromatic N) is 3. The third-order valence-electron chi connectivity index (χ3n) is 3.74. The Kier molecular flexibility index (Phi) is 3.60. The lowest BCUT2D eigenvalue weighted by Gasteiger charge is -2.17. The van der Waals surface area contributed by atoms with Crippen molar-refractivity contribution in [2.24, 2.45) is 0 Å².